The molecule has 1 heterocycles. The Morgan fingerprint density at radius 1 is 1.17 bits per heavy atom. The van der Waals surface area contributed by atoms with E-state index in [1.165, 1.54) is 10.3 Å². The Morgan fingerprint density at radius 3 is 2.73 bits per heavy atom. The van der Waals surface area contributed by atoms with Gasteiger partial charge >= 0.3 is 0 Å². The van der Waals surface area contributed by atoms with Crippen LogP contribution in [0.3, 0.4) is 0 Å². The summed E-state index contributed by atoms with van der Waals surface area (Å²) in [5.74, 6) is 0.602. The van der Waals surface area contributed by atoms with Crippen LogP contribution in [0.25, 0.3) is 10.1 Å². The standard InChI is InChI=1S/C23H27N3O2S.HI/c1-2-24-22(26-15-23(28)12-11-16-7-3-5-9-18(16)23)25-14-19(27)21-13-17-8-4-6-10-20(17)29-21;/h3-10,13,19,27-28H,2,11-12,14-15H2,1H3,(H2,24,25,26);1H. The van der Waals surface area contributed by atoms with Gasteiger partial charge in [0.05, 0.1) is 6.54 Å². The number of nitrogens with zero attached hydrogens (tertiary/aromatic N) is 1. The van der Waals surface area contributed by atoms with E-state index in [0.29, 0.717) is 32.0 Å². The lowest BCUT2D eigenvalue weighted by atomic mass is 9.96. The van der Waals surface area contributed by atoms with Crippen LogP contribution in [0.2, 0.25) is 0 Å². The maximum Gasteiger partial charge on any atom is 0.191 e. The number of aryl methyl sites for hydroxylation is 1. The van der Waals surface area contributed by atoms with E-state index in [2.05, 4.69) is 33.8 Å². The third-order valence-electron chi connectivity index (χ3n) is 5.41. The van der Waals surface area contributed by atoms with Crippen LogP contribution in [-0.4, -0.2) is 35.8 Å². The Bertz CT molecular complexity index is 989. The van der Waals surface area contributed by atoms with Gasteiger partial charge in [0.1, 0.15) is 11.7 Å². The lowest BCUT2D eigenvalue weighted by molar-refractivity contribution is 0.0485. The van der Waals surface area contributed by atoms with Gasteiger partial charge in [0.25, 0.3) is 0 Å². The molecule has 0 fully saturated rings. The molecule has 4 rings (SSSR count). The molecule has 1 aliphatic carbocycles. The van der Waals surface area contributed by atoms with E-state index < -0.39 is 11.7 Å². The average molecular weight is 537 g/mol. The molecule has 1 aromatic heterocycles. The predicted octanol–water partition coefficient (Wildman–Crippen LogP) is 3.94. The largest absolute Gasteiger partial charge is 0.386 e. The molecule has 0 bridgehead atoms. The van der Waals surface area contributed by atoms with Gasteiger partial charge in [-0.1, -0.05) is 42.5 Å². The molecule has 2 aromatic carbocycles. The number of halogens is 1. The molecule has 0 spiro atoms. The Kier molecular flexibility index (Phi) is 7.73. The molecule has 5 nitrogen and oxygen atoms in total. The molecule has 0 saturated heterocycles. The topological polar surface area (TPSA) is 76.9 Å². The molecule has 0 aliphatic heterocycles. The van der Waals surface area contributed by atoms with Crippen molar-refractivity contribution in [1.29, 1.82) is 0 Å². The highest BCUT2D eigenvalue weighted by molar-refractivity contribution is 14.0. The Balaban J connectivity index is 0.00000256. The Hall–Kier alpha value is -1.68. The first-order chi connectivity index (χ1) is 14.1. The zero-order chi connectivity index (χ0) is 20.3. The van der Waals surface area contributed by atoms with Gasteiger partial charge in [0, 0.05) is 22.7 Å². The van der Waals surface area contributed by atoms with Crippen molar-refractivity contribution in [3.8, 4) is 0 Å². The van der Waals surface area contributed by atoms with Crippen molar-refractivity contribution in [2.75, 3.05) is 19.6 Å². The Morgan fingerprint density at radius 2 is 1.93 bits per heavy atom. The molecule has 1 aliphatic rings. The normalized spacial score (nSPS) is 19.2. The number of aliphatic imine (C=N–C) groups is 1. The second kappa shape index (κ2) is 10.1. The van der Waals surface area contributed by atoms with Gasteiger partial charge in [-0.2, -0.15) is 0 Å². The molecule has 30 heavy (non-hydrogen) atoms. The van der Waals surface area contributed by atoms with Crippen LogP contribution >= 0.6 is 35.3 Å². The third kappa shape index (κ3) is 4.96. The quantitative estimate of drug-likeness (QED) is 0.218. The molecule has 3 aromatic rings. The number of hydrogen-bond donors (Lipinski definition) is 4. The van der Waals surface area contributed by atoms with Crippen LogP contribution in [0.15, 0.2) is 59.6 Å². The zero-order valence-corrected chi connectivity index (χ0v) is 20.1. The highest BCUT2D eigenvalue weighted by Crippen LogP contribution is 2.36. The smallest absolute Gasteiger partial charge is 0.191 e. The molecular formula is C23H28IN3O2S. The van der Waals surface area contributed by atoms with Crippen molar-refractivity contribution in [1.82, 2.24) is 10.6 Å². The van der Waals surface area contributed by atoms with Crippen molar-refractivity contribution >= 4 is 51.4 Å². The van der Waals surface area contributed by atoms with E-state index in [-0.39, 0.29) is 24.0 Å². The van der Waals surface area contributed by atoms with Gasteiger partial charge in [-0.25, -0.2) is 4.99 Å². The Labute approximate surface area is 198 Å². The van der Waals surface area contributed by atoms with Crippen LogP contribution < -0.4 is 10.6 Å². The van der Waals surface area contributed by atoms with Gasteiger partial charge in [0.2, 0.25) is 0 Å². The van der Waals surface area contributed by atoms with Crippen molar-refractivity contribution in [2.24, 2.45) is 4.99 Å². The van der Waals surface area contributed by atoms with Crippen molar-refractivity contribution in [3.05, 3.63) is 70.6 Å². The summed E-state index contributed by atoms with van der Waals surface area (Å²) in [5, 5.41) is 29.3. The maximum atomic E-state index is 11.1. The van der Waals surface area contributed by atoms with Crippen LogP contribution in [-0.2, 0) is 12.0 Å². The SMILES string of the molecule is CCNC(=NCC1(O)CCc2ccccc21)NCC(O)c1cc2ccccc2s1.I. The highest BCUT2D eigenvalue weighted by atomic mass is 127. The summed E-state index contributed by atoms with van der Waals surface area (Å²) in [6.07, 6.45) is 0.933. The fourth-order valence-corrected chi connectivity index (χ4v) is 4.90. The van der Waals surface area contributed by atoms with Crippen LogP contribution in [0.5, 0.6) is 0 Å². The van der Waals surface area contributed by atoms with Crippen LogP contribution in [0.4, 0.5) is 0 Å². The van der Waals surface area contributed by atoms with E-state index in [1.807, 2.05) is 43.3 Å². The summed E-state index contributed by atoms with van der Waals surface area (Å²) >= 11 is 1.61. The second-order valence-electron chi connectivity index (χ2n) is 7.47. The molecule has 0 radical (unpaired) electrons. The summed E-state index contributed by atoms with van der Waals surface area (Å²) in [5.41, 5.74) is 1.25. The molecule has 160 valence electrons. The third-order valence-corrected chi connectivity index (χ3v) is 6.62. The summed E-state index contributed by atoms with van der Waals surface area (Å²) < 4.78 is 1.17. The maximum absolute atomic E-state index is 11.1. The summed E-state index contributed by atoms with van der Waals surface area (Å²) in [6, 6.07) is 18.2. The van der Waals surface area contributed by atoms with E-state index in [4.69, 9.17) is 0 Å². The van der Waals surface area contributed by atoms with Gasteiger partial charge in [0.15, 0.2) is 5.96 Å². The minimum atomic E-state index is -0.928. The minimum Gasteiger partial charge on any atom is -0.386 e. The van der Waals surface area contributed by atoms with E-state index in [1.54, 1.807) is 11.3 Å². The van der Waals surface area contributed by atoms with E-state index in [9.17, 15) is 10.2 Å². The first kappa shape index (κ1) is 23.0. The number of rotatable bonds is 6. The molecular weight excluding hydrogens is 509 g/mol. The highest BCUT2D eigenvalue weighted by Gasteiger charge is 2.36. The number of fused-ring (bicyclic) bond motifs is 2. The molecule has 2 unspecified atom stereocenters. The first-order valence-corrected chi connectivity index (χ1v) is 10.9. The van der Waals surface area contributed by atoms with Crippen molar-refractivity contribution in [3.63, 3.8) is 0 Å². The van der Waals surface area contributed by atoms with E-state index >= 15 is 0 Å². The van der Waals surface area contributed by atoms with Crippen LogP contribution in [0, 0.1) is 0 Å². The van der Waals surface area contributed by atoms with Gasteiger partial charge in [-0.15, -0.1) is 35.3 Å². The fourth-order valence-electron chi connectivity index (χ4n) is 3.84. The molecule has 2 atom stereocenters. The monoisotopic (exact) mass is 537 g/mol. The lowest BCUT2D eigenvalue weighted by Crippen LogP contribution is -2.40. The average Bonchev–Trinajstić information content (AvgIpc) is 3.32. The number of aliphatic hydroxyl groups excluding tert-OH is 1. The number of nitrogens with one attached hydrogen (secondary N) is 2. The number of aliphatic hydroxyl groups is 2. The van der Waals surface area contributed by atoms with Gasteiger partial charge < -0.3 is 20.8 Å². The zero-order valence-electron chi connectivity index (χ0n) is 17.0. The first-order valence-electron chi connectivity index (χ1n) is 10.1. The van der Waals surface area contributed by atoms with Crippen molar-refractivity contribution < 1.29 is 10.2 Å². The number of hydrogen-bond acceptors (Lipinski definition) is 4. The lowest BCUT2D eigenvalue weighted by Gasteiger charge is -2.23. The van der Waals surface area contributed by atoms with Gasteiger partial charge in [-0.05, 0) is 48.4 Å². The van der Waals surface area contributed by atoms with E-state index in [0.717, 1.165) is 22.2 Å². The molecule has 0 amide bonds. The molecule has 4 N–H and O–H groups in total. The molecule has 0 saturated carbocycles. The number of guanidine groups is 1. The van der Waals surface area contributed by atoms with Gasteiger partial charge in [-0.3, -0.25) is 0 Å². The predicted molar refractivity (Wildman–Crippen MR) is 135 cm³/mol. The number of benzene rings is 2. The van der Waals surface area contributed by atoms with Crippen molar-refractivity contribution in [2.45, 2.75) is 31.5 Å². The van der Waals surface area contributed by atoms with Crippen LogP contribution in [0.1, 0.15) is 35.5 Å². The summed E-state index contributed by atoms with van der Waals surface area (Å²) in [4.78, 5) is 5.54. The fraction of sp³-hybridized carbons (Fsp3) is 0.348. The summed E-state index contributed by atoms with van der Waals surface area (Å²) in [7, 11) is 0. The number of thiophene rings is 1. The second-order valence-corrected chi connectivity index (χ2v) is 8.58. The summed E-state index contributed by atoms with van der Waals surface area (Å²) in [6.45, 7) is 3.35. The minimum absolute atomic E-state index is 0. The molecule has 7 heteroatoms.